The molecule has 0 spiro atoms. The zero-order valence-electron chi connectivity index (χ0n) is 18.0. The number of carboxylic acids is 1. The zero-order chi connectivity index (χ0) is 24.8. The summed E-state index contributed by atoms with van der Waals surface area (Å²) in [6, 6.07) is 6.45. The third-order valence-corrected chi connectivity index (χ3v) is 5.35. The molecular weight excluding hydrogens is 482 g/mol. The number of hydrazone groups is 1. The lowest BCUT2D eigenvalue weighted by atomic mass is 10.2. The van der Waals surface area contributed by atoms with Crippen LogP contribution in [-0.4, -0.2) is 69.9 Å². The molecule has 1 aromatic carbocycles. The van der Waals surface area contributed by atoms with Crippen LogP contribution in [0.2, 0.25) is 0 Å². The summed E-state index contributed by atoms with van der Waals surface area (Å²) in [5, 5.41) is 36.2. The average Bonchev–Trinajstić information content (AvgIpc) is 3.56. The van der Waals surface area contributed by atoms with Crippen molar-refractivity contribution in [2.45, 2.75) is 10.9 Å². The van der Waals surface area contributed by atoms with Crippen LogP contribution in [-0.2, 0) is 17.6 Å². The lowest BCUT2D eigenvalue weighted by molar-refractivity contribution is -0.139. The standard InChI is InChI=1S/C18H17N11O5S/c1-28-9-21-24-18(28)35-8-12-14(22-27-29(12)16-15(19)25-34-26-16)17(32)23-20-6-10-2-4-11(5-3-10)33-7-13(30)31/h2-6,9H,7-8H2,1H3,(H2,19,25)(H,23,32)(H,30,31). The molecule has 0 aliphatic heterocycles. The Hall–Kier alpha value is -4.80. The molecule has 35 heavy (non-hydrogen) atoms. The number of nitrogens with zero attached hydrogens (tertiary/aromatic N) is 9. The monoisotopic (exact) mass is 499 g/mol. The van der Waals surface area contributed by atoms with E-state index in [2.05, 4.69) is 46.0 Å². The molecule has 0 unspecified atom stereocenters. The SMILES string of the molecule is Cn1cnnc1SCc1c(C(=O)NN=Cc2ccc(OCC(=O)O)cc2)nnn1-c1nonc1N. The third kappa shape index (κ3) is 5.58. The summed E-state index contributed by atoms with van der Waals surface area (Å²) in [4.78, 5) is 23.4. The molecule has 0 aliphatic rings. The van der Waals surface area contributed by atoms with Crippen LogP contribution >= 0.6 is 11.8 Å². The van der Waals surface area contributed by atoms with Gasteiger partial charge in [0.1, 0.15) is 12.1 Å². The van der Waals surface area contributed by atoms with Gasteiger partial charge in [0.25, 0.3) is 5.91 Å². The summed E-state index contributed by atoms with van der Waals surface area (Å²) < 4.78 is 12.7. The van der Waals surface area contributed by atoms with Crippen molar-refractivity contribution in [2.24, 2.45) is 12.1 Å². The fourth-order valence-electron chi connectivity index (χ4n) is 2.67. The number of nitrogen functional groups attached to an aromatic ring is 1. The zero-order valence-corrected chi connectivity index (χ0v) is 18.8. The third-order valence-electron chi connectivity index (χ3n) is 4.30. The summed E-state index contributed by atoms with van der Waals surface area (Å²) in [6.45, 7) is -0.447. The maximum absolute atomic E-state index is 12.8. The van der Waals surface area contributed by atoms with E-state index < -0.39 is 18.5 Å². The molecule has 0 saturated carbocycles. The van der Waals surface area contributed by atoms with E-state index in [4.69, 9.17) is 15.6 Å². The maximum Gasteiger partial charge on any atom is 0.341 e. The van der Waals surface area contributed by atoms with Crippen LogP contribution < -0.4 is 15.9 Å². The summed E-state index contributed by atoms with van der Waals surface area (Å²) in [6.07, 6.45) is 2.95. The van der Waals surface area contributed by atoms with E-state index in [1.807, 2.05) is 0 Å². The van der Waals surface area contributed by atoms with Crippen LogP contribution in [0.1, 0.15) is 21.7 Å². The Bertz CT molecular complexity index is 1360. The quantitative estimate of drug-likeness (QED) is 0.148. The number of amides is 1. The molecule has 0 bridgehead atoms. The fourth-order valence-corrected chi connectivity index (χ4v) is 3.55. The van der Waals surface area contributed by atoms with Gasteiger partial charge in [0.2, 0.25) is 11.6 Å². The van der Waals surface area contributed by atoms with E-state index in [1.165, 1.54) is 22.7 Å². The van der Waals surface area contributed by atoms with Gasteiger partial charge < -0.3 is 20.1 Å². The number of hydrogen-bond donors (Lipinski definition) is 3. The predicted octanol–water partition coefficient (Wildman–Crippen LogP) is -0.119. The summed E-state index contributed by atoms with van der Waals surface area (Å²) in [5.74, 6) is -1.04. The van der Waals surface area contributed by atoms with Crippen LogP contribution in [0.3, 0.4) is 0 Å². The Kier molecular flexibility index (Phi) is 6.96. The first kappa shape index (κ1) is 23.4. The van der Waals surface area contributed by atoms with Crippen LogP contribution in [0.15, 0.2) is 45.5 Å². The second kappa shape index (κ2) is 10.4. The first-order valence-corrected chi connectivity index (χ1v) is 10.7. The summed E-state index contributed by atoms with van der Waals surface area (Å²) in [5.41, 5.74) is 9.15. The molecule has 3 heterocycles. The fraction of sp³-hybridized carbons (Fsp3) is 0.167. The number of carboxylic acid groups (broad SMARTS) is 1. The lowest BCUT2D eigenvalue weighted by Crippen LogP contribution is -2.20. The van der Waals surface area contributed by atoms with Gasteiger partial charge in [0.05, 0.1) is 11.9 Å². The highest BCUT2D eigenvalue weighted by Crippen LogP contribution is 2.24. The molecule has 16 nitrogen and oxygen atoms in total. The largest absolute Gasteiger partial charge is 0.482 e. The van der Waals surface area contributed by atoms with Crippen molar-refractivity contribution in [3.8, 4) is 11.6 Å². The van der Waals surface area contributed by atoms with Crippen molar-refractivity contribution in [3.05, 3.63) is 47.5 Å². The molecule has 0 saturated heterocycles. The van der Waals surface area contributed by atoms with E-state index in [-0.39, 0.29) is 23.1 Å². The number of nitrogens with one attached hydrogen (secondary N) is 1. The molecule has 4 N–H and O–H groups in total. The van der Waals surface area contributed by atoms with Crippen molar-refractivity contribution in [2.75, 3.05) is 12.3 Å². The van der Waals surface area contributed by atoms with Crippen molar-refractivity contribution < 1.29 is 24.1 Å². The highest BCUT2D eigenvalue weighted by atomic mass is 32.2. The number of aliphatic carboxylic acids is 1. The molecule has 0 aliphatic carbocycles. The smallest absolute Gasteiger partial charge is 0.341 e. The Morgan fingerprint density at radius 2 is 2.09 bits per heavy atom. The van der Waals surface area contributed by atoms with Gasteiger partial charge in [0, 0.05) is 12.8 Å². The Labute approximate surface area is 200 Å². The van der Waals surface area contributed by atoms with E-state index in [0.29, 0.717) is 22.2 Å². The van der Waals surface area contributed by atoms with Gasteiger partial charge in [0.15, 0.2) is 17.5 Å². The number of rotatable bonds is 10. The van der Waals surface area contributed by atoms with Crippen molar-refractivity contribution in [1.82, 2.24) is 45.5 Å². The van der Waals surface area contributed by atoms with Crippen LogP contribution in [0, 0.1) is 0 Å². The van der Waals surface area contributed by atoms with Gasteiger partial charge in [-0.1, -0.05) is 17.0 Å². The molecule has 4 aromatic rings. The number of benzene rings is 1. The topological polar surface area (TPSA) is 214 Å². The number of hydrogen-bond acceptors (Lipinski definition) is 13. The molecule has 0 atom stereocenters. The molecule has 1 amide bonds. The summed E-state index contributed by atoms with van der Waals surface area (Å²) in [7, 11) is 1.78. The van der Waals surface area contributed by atoms with Crippen LogP contribution in [0.4, 0.5) is 5.82 Å². The molecule has 0 fully saturated rings. The lowest BCUT2D eigenvalue weighted by Gasteiger charge is -2.05. The van der Waals surface area contributed by atoms with Crippen molar-refractivity contribution >= 4 is 35.7 Å². The van der Waals surface area contributed by atoms with Gasteiger partial charge in [-0.05, 0) is 40.1 Å². The van der Waals surface area contributed by atoms with Gasteiger partial charge >= 0.3 is 5.97 Å². The molecular formula is C18H17N11O5S. The Morgan fingerprint density at radius 3 is 2.74 bits per heavy atom. The number of carbonyl (C=O) groups excluding carboxylic acids is 1. The minimum atomic E-state index is -1.08. The minimum Gasteiger partial charge on any atom is -0.482 e. The first-order chi connectivity index (χ1) is 16.9. The van der Waals surface area contributed by atoms with Crippen LogP contribution in [0.25, 0.3) is 5.82 Å². The Balaban J connectivity index is 1.48. The van der Waals surface area contributed by atoms with E-state index >= 15 is 0 Å². The first-order valence-electron chi connectivity index (χ1n) is 9.70. The molecule has 17 heteroatoms. The van der Waals surface area contributed by atoms with E-state index in [0.717, 1.165) is 0 Å². The van der Waals surface area contributed by atoms with Gasteiger partial charge in [-0.3, -0.25) is 4.79 Å². The number of aromatic nitrogens is 8. The molecule has 0 radical (unpaired) electrons. The summed E-state index contributed by atoms with van der Waals surface area (Å²) >= 11 is 1.29. The number of ether oxygens (including phenoxy) is 1. The predicted molar refractivity (Wildman–Crippen MR) is 119 cm³/mol. The highest BCUT2D eigenvalue weighted by molar-refractivity contribution is 7.98. The number of anilines is 1. The number of aryl methyl sites for hydroxylation is 1. The number of nitrogens with two attached hydrogens (primary N) is 1. The average molecular weight is 499 g/mol. The van der Waals surface area contributed by atoms with E-state index in [9.17, 15) is 9.59 Å². The Morgan fingerprint density at radius 1 is 1.29 bits per heavy atom. The van der Waals surface area contributed by atoms with Crippen LogP contribution in [0.5, 0.6) is 5.75 Å². The molecule has 3 aromatic heterocycles. The van der Waals surface area contributed by atoms with Crippen molar-refractivity contribution in [1.29, 1.82) is 0 Å². The second-order valence-electron chi connectivity index (χ2n) is 6.73. The molecule has 4 rings (SSSR count). The highest BCUT2D eigenvalue weighted by Gasteiger charge is 2.24. The number of carbonyl (C=O) groups is 2. The number of thioether (sulfide) groups is 1. The van der Waals surface area contributed by atoms with Gasteiger partial charge in [-0.25, -0.2) is 14.8 Å². The minimum absolute atomic E-state index is 0.0170. The van der Waals surface area contributed by atoms with Crippen molar-refractivity contribution in [3.63, 3.8) is 0 Å². The maximum atomic E-state index is 12.8. The normalized spacial score (nSPS) is 11.1. The van der Waals surface area contributed by atoms with E-state index in [1.54, 1.807) is 42.2 Å². The van der Waals surface area contributed by atoms with Gasteiger partial charge in [-0.15, -0.1) is 15.3 Å². The second-order valence-corrected chi connectivity index (χ2v) is 7.68. The van der Waals surface area contributed by atoms with Gasteiger partial charge in [-0.2, -0.15) is 9.78 Å². The molecule has 180 valence electrons.